The Kier molecular flexibility index (Phi) is 6.23. The van der Waals surface area contributed by atoms with Crippen LogP contribution in [-0.2, 0) is 31.2 Å². The van der Waals surface area contributed by atoms with Crippen LogP contribution in [0.4, 0.5) is 0 Å². The molecule has 1 N–H and O–H groups in total. The Hall–Kier alpha value is -1.45. The van der Waals surface area contributed by atoms with Crippen molar-refractivity contribution in [3.8, 4) is 0 Å². The summed E-state index contributed by atoms with van der Waals surface area (Å²) in [6.45, 7) is 2.31. The SMILES string of the molecule is Cc1ccccc1CNC(=O)CCN(C1CCS(=O)(=O)C1)S(C)(=O)=O. The first-order valence-electron chi connectivity index (χ1n) is 8.07. The standard InChI is InChI=1S/C16H24N2O5S2/c1-13-5-3-4-6-14(13)11-17-16(19)7-9-18(24(2,20)21)15-8-10-25(22,23)12-15/h3-6,15H,7-12H2,1-2H3,(H,17,19). The van der Waals surface area contributed by atoms with E-state index in [0.29, 0.717) is 6.54 Å². The molecule has 1 heterocycles. The number of rotatable bonds is 7. The van der Waals surface area contributed by atoms with E-state index in [9.17, 15) is 21.6 Å². The molecule has 1 aliphatic heterocycles. The van der Waals surface area contributed by atoms with Gasteiger partial charge in [0.25, 0.3) is 0 Å². The number of amides is 1. The summed E-state index contributed by atoms with van der Waals surface area (Å²) in [5.74, 6) is -0.452. The summed E-state index contributed by atoms with van der Waals surface area (Å²) in [5, 5.41) is 2.77. The number of nitrogens with zero attached hydrogens (tertiary/aromatic N) is 1. The summed E-state index contributed by atoms with van der Waals surface area (Å²) in [7, 11) is -6.78. The molecule has 2 rings (SSSR count). The van der Waals surface area contributed by atoms with Gasteiger partial charge in [0.1, 0.15) is 0 Å². The number of aryl methyl sites for hydroxylation is 1. The van der Waals surface area contributed by atoms with Crippen LogP contribution in [0.25, 0.3) is 0 Å². The normalized spacial score (nSPS) is 19.9. The van der Waals surface area contributed by atoms with Gasteiger partial charge in [-0.25, -0.2) is 16.8 Å². The summed E-state index contributed by atoms with van der Waals surface area (Å²) in [5.41, 5.74) is 2.06. The highest BCUT2D eigenvalue weighted by Gasteiger charge is 2.36. The molecule has 1 unspecified atom stereocenters. The Morgan fingerprint density at radius 2 is 2.00 bits per heavy atom. The molecule has 1 aliphatic rings. The fourth-order valence-electron chi connectivity index (χ4n) is 2.92. The lowest BCUT2D eigenvalue weighted by Gasteiger charge is -2.25. The summed E-state index contributed by atoms with van der Waals surface area (Å²) in [6, 6.07) is 7.10. The summed E-state index contributed by atoms with van der Waals surface area (Å²) in [6.07, 6.45) is 1.32. The van der Waals surface area contributed by atoms with Crippen molar-refractivity contribution in [1.29, 1.82) is 0 Å². The molecule has 0 aromatic heterocycles. The van der Waals surface area contributed by atoms with E-state index < -0.39 is 25.9 Å². The maximum atomic E-state index is 12.1. The Balaban J connectivity index is 1.92. The van der Waals surface area contributed by atoms with E-state index in [1.165, 1.54) is 0 Å². The lowest BCUT2D eigenvalue weighted by atomic mass is 10.1. The van der Waals surface area contributed by atoms with Crippen molar-refractivity contribution in [3.63, 3.8) is 0 Å². The van der Waals surface area contributed by atoms with Gasteiger partial charge < -0.3 is 5.32 Å². The summed E-state index contributed by atoms with van der Waals surface area (Å²) >= 11 is 0. The highest BCUT2D eigenvalue weighted by molar-refractivity contribution is 7.92. The molecule has 0 aliphatic carbocycles. The monoisotopic (exact) mass is 388 g/mol. The van der Waals surface area contributed by atoms with Crippen LogP contribution in [-0.4, -0.2) is 57.4 Å². The van der Waals surface area contributed by atoms with Gasteiger partial charge in [0.05, 0.1) is 17.8 Å². The van der Waals surface area contributed by atoms with Crippen LogP contribution in [0.5, 0.6) is 0 Å². The molecular formula is C16H24N2O5S2. The first kappa shape index (κ1) is 19.9. The molecule has 1 aromatic rings. The molecule has 0 spiro atoms. The fraction of sp³-hybridized carbons (Fsp3) is 0.562. The van der Waals surface area contributed by atoms with E-state index in [4.69, 9.17) is 0 Å². The van der Waals surface area contributed by atoms with E-state index in [1.807, 2.05) is 31.2 Å². The Labute approximate surface area is 149 Å². The molecule has 140 valence electrons. The second-order valence-electron chi connectivity index (χ2n) is 6.38. The average Bonchev–Trinajstić information content (AvgIpc) is 2.85. The summed E-state index contributed by atoms with van der Waals surface area (Å²) in [4.78, 5) is 12.1. The van der Waals surface area contributed by atoms with Gasteiger partial charge in [-0.05, 0) is 24.5 Å². The van der Waals surface area contributed by atoms with Gasteiger partial charge in [-0.3, -0.25) is 4.79 Å². The molecule has 0 radical (unpaired) electrons. The second kappa shape index (κ2) is 7.84. The molecule has 1 atom stereocenters. The van der Waals surface area contributed by atoms with Crippen molar-refractivity contribution in [1.82, 2.24) is 9.62 Å². The number of carbonyl (C=O) groups is 1. The van der Waals surface area contributed by atoms with Crippen molar-refractivity contribution in [2.75, 3.05) is 24.3 Å². The molecule has 25 heavy (non-hydrogen) atoms. The minimum atomic E-state index is -3.58. The van der Waals surface area contributed by atoms with Crippen molar-refractivity contribution in [3.05, 3.63) is 35.4 Å². The Bertz CT molecular complexity index is 834. The zero-order valence-electron chi connectivity index (χ0n) is 14.4. The highest BCUT2D eigenvalue weighted by atomic mass is 32.2. The molecule has 7 nitrogen and oxygen atoms in total. The van der Waals surface area contributed by atoms with Crippen LogP contribution in [0.2, 0.25) is 0 Å². The number of nitrogens with one attached hydrogen (secondary N) is 1. The van der Waals surface area contributed by atoms with E-state index in [0.717, 1.165) is 21.7 Å². The third-order valence-electron chi connectivity index (χ3n) is 4.34. The van der Waals surface area contributed by atoms with Crippen LogP contribution in [0.1, 0.15) is 24.0 Å². The van der Waals surface area contributed by atoms with Crippen LogP contribution in [0.15, 0.2) is 24.3 Å². The Morgan fingerprint density at radius 3 is 2.56 bits per heavy atom. The van der Waals surface area contributed by atoms with Gasteiger partial charge in [0.15, 0.2) is 9.84 Å². The molecular weight excluding hydrogens is 364 g/mol. The lowest BCUT2D eigenvalue weighted by molar-refractivity contribution is -0.121. The smallest absolute Gasteiger partial charge is 0.221 e. The van der Waals surface area contributed by atoms with Crippen molar-refractivity contribution in [2.45, 2.75) is 32.4 Å². The molecule has 1 fully saturated rings. The average molecular weight is 389 g/mol. The fourth-order valence-corrected chi connectivity index (χ4v) is 5.89. The summed E-state index contributed by atoms with van der Waals surface area (Å²) < 4.78 is 48.3. The van der Waals surface area contributed by atoms with E-state index in [-0.39, 0.29) is 36.8 Å². The van der Waals surface area contributed by atoms with E-state index in [1.54, 1.807) is 0 Å². The first-order valence-corrected chi connectivity index (χ1v) is 11.7. The van der Waals surface area contributed by atoms with Gasteiger partial charge in [0, 0.05) is 25.6 Å². The third kappa shape index (κ3) is 5.79. The number of sulfone groups is 1. The molecule has 1 amide bonds. The first-order chi connectivity index (χ1) is 11.6. The predicted molar refractivity (Wildman–Crippen MR) is 96.3 cm³/mol. The van der Waals surface area contributed by atoms with Gasteiger partial charge in [-0.2, -0.15) is 4.31 Å². The molecule has 0 bridgehead atoms. The van der Waals surface area contributed by atoms with Gasteiger partial charge in [-0.15, -0.1) is 0 Å². The van der Waals surface area contributed by atoms with Gasteiger partial charge in [0.2, 0.25) is 15.9 Å². The maximum absolute atomic E-state index is 12.1. The minimum absolute atomic E-state index is 0.00447. The van der Waals surface area contributed by atoms with Crippen LogP contribution >= 0.6 is 0 Å². The highest BCUT2D eigenvalue weighted by Crippen LogP contribution is 2.20. The molecule has 9 heteroatoms. The lowest BCUT2D eigenvalue weighted by Crippen LogP contribution is -2.42. The van der Waals surface area contributed by atoms with Crippen molar-refractivity contribution >= 4 is 25.8 Å². The quantitative estimate of drug-likeness (QED) is 0.731. The molecule has 1 aromatic carbocycles. The van der Waals surface area contributed by atoms with E-state index >= 15 is 0 Å². The number of sulfonamides is 1. The minimum Gasteiger partial charge on any atom is -0.352 e. The van der Waals surface area contributed by atoms with Crippen molar-refractivity contribution in [2.24, 2.45) is 0 Å². The van der Waals surface area contributed by atoms with Crippen molar-refractivity contribution < 1.29 is 21.6 Å². The van der Waals surface area contributed by atoms with Crippen LogP contribution in [0.3, 0.4) is 0 Å². The number of benzene rings is 1. The zero-order chi connectivity index (χ0) is 18.7. The number of carbonyl (C=O) groups excluding carboxylic acids is 1. The Morgan fingerprint density at radius 1 is 1.32 bits per heavy atom. The molecule has 1 saturated heterocycles. The third-order valence-corrected chi connectivity index (χ3v) is 7.42. The zero-order valence-corrected chi connectivity index (χ0v) is 16.1. The number of hydrogen-bond donors (Lipinski definition) is 1. The van der Waals surface area contributed by atoms with E-state index in [2.05, 4.69) is 5.32 Å². The van der Waals surface area contributed by atoms with Gasteiger partial charge >= 0.3 is 0 Å². The molecule has 0 saturated carbocycles. The predicted octanol–water partition coefficient (Wildman–Crippen LogP) is 0.450. The second-order valence-corrected chi connectivity index (χ2v) is 10.5. The van der Waals surface area contributed by atoms with Crippen LogP contribution < -0.4 is 5.32 Å². The largest absolute Gasteiger partial charge is 0.352 e. The maximum Gasteiger partial charge on any atom is 0.221 e. The number of hydrogen-bond acceptors (Lipinski definition) is 5. The van der Waals surface area contributed by atoms with Gasteiger partial charge in [-0.1, -0.05) is 24.3 Å². The van der Waals surface area contributed by atoms with Crippen LogP contribution in [0, 0.1) is 6.92 Å². The topological polar surface area (TPSA) is 101 Å².